The van der Waals surface area contributed by atoms with E-state index in [0.29, 0.717) is 18.8 Å². The lowest BCUT2D eigenvalue weighted by molar-refractivity contribution is -0.132. The van der Waals surface area contributed by atoms with Gasteiger partial charge in [0.2, 0.25) is 5.91 Å². The lowest BCUT2D eigenvalue weighted by Gasteiger charge is -2.36. The zero-order valence-electron chi connectivity index (χ0n) is 17.6. The van der Waals surface area contributed by atoms with Crippen molar-refractivity contribution in [3.8, 4) is 0 Å². The summed E-state index contributed by atoms with van der Waals surface area (Å²) in [5.74, 6) is 0.0116. The average molecular weight is 418 g/mol. The van der Waals surface area contributed by atoms with Crippen LogP contribution in [0.1, 0.15) is 23.3 Å². The van der Waals surface area contributed by atoms with Crippen LogP contribution in [0.5, 0.6) is 0 Å². The highest BCUT2D eigenvalue weighted by atomic mass is 16.2. The Kier molecular flexibility index (Phi) is 5.32. The van der Waals surface area contributed by atoms with Gasteiger partial charge in [-0.3, -0.25) is 14.3 Å². The molecule has 0 unspecified atom stereocenters. The molecule has 0 N–H and O–H groups in total. The van der Waals surface area contributed by atoms with Crippen LogP contribution < -0.4 is 4.90 Å². The Balaban J connectivity index is 1.30. The van der Waals surface area contributed by atoms with Gasteiger partial charge in [-0.15, -0.1) is 0 Å². The molecule has 2 aliphatic heterocycles. The number of amides is 2. The molecule has 1 aromatic heterocycles. The highest BCUT2D eigenvalue weighted by Gasteiger charge is 2.26. The molecule has 31 heavy (non-hydrogen) atoms. The van der Waals surface area contributed by atoms with Gasteiger partial charge in [-0.1, -0.05) is 36.4 Å². The molecule has 2 amide bonds. The summed E-state index contributed by atoms with van der Waals surface area (Å²) in [6, 6.07) is 18.0. The van der Waals surface area contributed by atoms with Gasteiger partial charge in [0.25, 0.3) is 5.91 Å². The summed E-state index contributed by atoms with van der Waals surface area (Å²) in [6.07, 6.45) is 2.08. The van der Waals surface area contributed by atoms with E-state index in [9.17, 15) is 9.59 Å². The van der Waals surface area contributed by atoms with Crippen molar-refractivity contribution in [1.29, 1.82) is 0 Å². The Labute approximate surface area is 181 Å². The van der Waals surface area contributed by atoms with E-state index in [-0.39, 0.29) is 18.4 Å². The molecule has 2 saturated heterocycles. The lowest BCUT2D eigenvalue weighted by Crippen LogP contribution is -2.49. The van der Waals surface area contributed by atoms with E-state index in [4.69, 9.17) is 0 Å². The zero-order chi connectivity index (χ0) is 21.2. The summed E-state index contributed by atoms with van der Waals surface area (Å²) in [5.41, 5.74) is 2.48. The number of fused-ring (bicyclic) bond motifs is 1. The van der Waals surface area contributed by atoms with Crippen LogP contribution in [-0.2, 0) is 11.3 Å². The molecule has 0 aliphatic carbocycles. The number of carbonyl (C=O) groups is 2. The fraction of sp³-hybridized carbons (Fsp3) is 0.375. The van der Waals surface area contributed by atoms with Gasteiger partial charge in [-0.25, -0.2) is 0 Å². The number of benzene rings is 2. The summed E-state index contributed by atoms with van der Waals surface area (Å²) in [6.45, 7) is 4.72. The number of para-hydroxylation sites is 2. The quantitative estimate of drug-likeness (QED) is 0.655. The first-order chi connectivity index (χ1) is 15.2. The Morgan fingerprint density at radius 2 is 1.45 bits per heavy atom. The average Bonchev–Trinajstić information content (AvgIpc) is 3.48. The molecular weight excluding hydrogens is 390 g/mol. The topological polar surface area (TPSA) is 61.7 Å². The van der Waals surface area contributed by atoms with Crippen LogP contribution in [-0.4, -0.2) is 70.7 Å². The molecule has 3 aromatic rings. The predicted molar refractivity (Wildman–Crippen MR) is 120 cm³/mol. The molecule has 7 nitrogen and oxygen atoms in total. The minimum absolute atomic E-state index is 0.0311. The summed E-state index contributed by atoms with van der Waals surface area (Å²) in [7, 11) is 0. The largest absolute Gasteiger partial charge is 0.368 e. The molecule has 160 valence electrons. The van der Waals surface area contributed by atoms with E-state index >= 15 is 0 Å². The van der Waals surface area contributed by atoms with Crippen molar-refractivity contribution in [2.75, 3.05) is 44.2 Å². The van der Waals surface area contributed by atoms with E-state index < -0.39 is 0 Å². The van der Waals surface area contributed by atoms with Gasteiger partial charge in [0.15, 0.2) is 5.69 Å². The Hall–Kier alpha value is -3.35. The molecule has 7 heteroatoms. The third kappa shape index (κ3) is 3.87. The van der Waals surface area contributed by atoms with Gasteiger partial charge in [0.05, 0.1) is 5.52 Å². The van der Waals surface area contributed by atoms with Crippen molar-refractivity contribution in [2.45, 2.75) is 19.4 Å². The normalized spacial score (nSPS) is 16.8. The van der Waals surface area contributed by atoms with Crippen molar-refractivity contribution >= 4 is 28.4 Å². The number of hydrogen-bond acceptors (Lipinski definition) is 4. The number of likely N-dealkylation sites (tertiary alicyclic amines) is 1. The molecule has 0 bridgehead atoms. The molecule has 5 rings (SSSR count). The predicted octanol–water partition coefficient (Wildman–Crippen LogP) is 2.62. The fourth-order valence-electron chi connectivity index (χ4n) is 4.56. The number of rotatable bonds is 4. The third-order valence-electron chi connectivity index (χ3n) is 6.29. The van der Waals surface area contributed by atoms with E-state index in [1.807, 2.05) is 52.3 Å². The second-order valence-electron chi connectivity index (χ2n) is 8.23. The number of nitrogens with zero attached hydrogens (tertiary/aromatic N) is 5. The summed E-state index contributed by atoms with van der Waals surface area (Å²) in [5, 5.41) is 5.42. The Bertz CT molecular complexity index is 1080. The molecule has 0 saturated carbocycles. The Morgan fingerprint density at radius 1 is 0.774 bits per heavy atom. The lowest BCUT2D eigenvalue weighted by atomic mass is 10.2. The van der Waals surface area contributed by atoms with Crippen LogP contribution >= 0.6 is 0 Å². The van der Waals surface area contributed by atoms with Gasteiger partial charge in [-0.2, -0.15) is 5.10 Å². The van der Waals surface area contributed by atoms with E-state index in [1.54, 1.807) is 4.68 Å². The third-order valence-corrected chi connectivity index (χ3v) is 6.29. The maximum absolute atomic E-state index is 13.0. The summed E-state index contributed by atoms with van der Waals surface area (Å²) in [4.78, 5) is 32.1. The first-order valence-corrected chi connectivity index (χ1v) is 11.0. The van der Waals surface area contributed by atoms with Gasteiger partial charge in [0, 0.05) is 50.3 Å². The van der Waals surface area contributed by atoms with E-state index in [2.05, 4.69) is 22.1 Å². The minimum Gasteiger partial charge on any atom is -0.368 e. The molecular formula is C24H27N5O2. The highest BCUT2D eigenvalue weighted by molar-refractivity contribution is 6.05. The summed E-state index contributed by atoms with van der Waals surface area (Å²) < 4.78 is 1.70. The molecule has 2 aliphatic rings. The van der Waals surface area contributed by atoms with Gasteiger partial charge in [0.1, 0.15) is 6.54 Å². The molecule has 3 heterocycles. The zero-order valence-corrected chi connectivity index (χ0v) is 17.6. The highest BCUT2D eigenvalue weighted by Crippen LogP contribution is 2.22. The maximum Gasteiger partial charge on any atom is 0.275 e. The number of aromatic nitrogens is 2. The van der Waals surface area contributed by atoms with Crippen molar-refractivity contribution in [1.82, 2.24) is 19.6 Å². The monoisotopic (exact) mass is 417 g/mol. The van der Waals surface area contributed by atoms with Crippen LogP contribution in [0.4, 0.5) is 5.69 Å². The second kappa shape index (κ2) is 8.41. The van der Waals surface area contributed by atoms with Crippen LogP contribution in [0, 0.1) is 0 Å². The number of anilines is 1. The number of piperazine rings is 1. The first-order valence-electron chi connectivity index (χ1n) is 11.0. The molecule has 0 atom stereocenters. The van der Waals surface area contributed by atoms with Crippen LogP contribution in [0.3, 0.4) is 0 Å². The van der Waals surface area contributed by atoms with Gasteiger partial charge >= 0.3 is 0 Å². The SMILES string of the molecule is O=C(Cn1nc(C(=O)N2CCCC2)c2ccccc21)N1CCN(c2ccccc2)CC1. The Morgan fingerprint density at radius 3 is 2.19 bits per heavy atom. The van der Waals surface area contributed by atoms with Gasteiger partial charge in [-0.05, 0) is 31.0 Å². The molecule has 2 aromatic carbocycles. The van der Waals surface area contributed by atoms with Crippen molar-refractivity contribution in [3.05, 3.63) is 60.3 Å². The van der Waals surface area contributed by atoms with Crippen LogP contribution in [0.15, 0.2) is 54.6 Å². The second-order valence-corrected chi connectivity index (χ2v) is 8.23. The van der Waals surface area contributed by atoms with Crippen molar-refractivity contribution < 1.29 is 9.59 Å². The summed E-state index contributed by atoms with van der Waals surface area (Å²) >= 11 is 0. The fourth-order valence-corrected chi connectivity index (χ4v) is 4.56. The van der Waals surface area contributed by atoms with E-state index in [1.165, 1.54) is 5.69 Å². The number of hydrogen-bond donors (Lipinski definition) is 0. The van der Waals surface area contributed by atoms with Crippen LogP contribution in [0.2, 0.25) is 0 Å². The molecule has 0 radical (unpaired) electrons. The number of carbonyl (C=O) groups excluding carboxylic acids is 2. The van der Waals surface area contributed by atoms with Gasteiger partial charge < -0.3 is 14.7 Å². The molecule has 2 fully saturated rings. The standard InChI is InChI=1S/C24H27N5O2/c30-22(27-16-14-26(15-17-27)19-8-2-1-3-9-19)18-29-21-11-5-4-10-20(21)23(25-29)24(31)28-12-6-7-13-28/h1-5,8-11H,6-7,12-18H2. The maximum atomic E-state index is 13.0. The first kappa shape index (κ1) is 19.6. The van der Waals surface area contributed by atoms with Crippen molar-refractivity contribution in [3.63, 3.8) is 0 Å². The van der Waals surface area contributed by atoms with Crippen LogP contribution in [0.25, 0.3) is 10.9 Å². The smallest absolute Gasteiger partial charge is 0.275 e. The van der Waals surface area contributed by atoms with Crippen molar-refractivity contribution in [2.24, 2.45) is 0 Å². The van der Waals surface area contributed by atoms with E-state index in [0.717, 1.165) is 49.9 Å². The molecule has 0 spiro atoms. The minimum atomic E-state index is -0.0311.